The summed E-state index contributed by atoms with van der Waals surface area (Å²) in [7, 11) is 0. The monoisotopic (exact) mass is 123 g/mol. The molecule has 0 atom stereocenters. The summed E-state index contributed by atoms with van der Waals surface area (Å²) in [4.78, 5) is 3.83. The topological polar surface area (TPSA) is 17.8 Å². The van der Waals surface area contributed by atoms with E-state index in [1.807, 2.05) is 10.8 Å². The second-order valence-corrected chi connectivity index (χ2v) is 3.07. The summed E-state index contributed by atoms with van der Waals surface area (Å²) in [6.07, 6.45) is 6.50. The van der Waals surface area contributed by atoms with Gasteiger partial charge in [-0.15, -0.1) is 0 Å². The zero-order valence-corrected chi connectivity index (χ0v) is 6.05. The first-order valence-electron chi connectivity index (χ1n) is 3.02. The Labute approximate surface area is 55.5 Å². The Morgan fingerprint density at radius 3 is 2.33 bits per heavy atom. The van der Waals surface area contributed by atoms with Gasteiger partial charge in [-0.05, 0) is 20.8 Å². The molecule has 1 aromatic heterocycles. The molecular formula is C7H11N2. The Morgan fingerprint density at radius 1 is 1.44 bits per heavy atom. The van der Waals surface area contributed by atoms with Gasteiger partial charge in [-0.25, -0.2) is 4.98 Å². The summed E-state index contributed by atoms with van der Waals surface area (Å²) in [5.41, 5.74) is 0.122. The van der Waals surface area contributed by atoms with Gasteiger partial charge in [0.25, 0.3) is 0 Å². The number of hydrogen-bond acceptors (Lipinski definition) is 1. The van der Waals surface area contributed by atoms with Gasteiger partial charge in [0.1, 0.15) is 0 Å². The second-order valence-electron chi connectivity index (χ2n) is 3.07. The predicted octanol–water partition coefficient (Wildman–Crippen LogP) is 1.44. The van der Waals surface area contributed by atoms with E-state index >= 15 is 0 Å². The SMILES string of the molecule is CC(C)(C)n1[c]ncc1. The van der Waals surface area contributed by atoms with Crippen LogP contribution >= 0.6 is 0 Å². The van der Waals surface area contributed by atoms with Crippen molar-refractivity contribution < 1.29 is 0 Å². The fraction of sp³-hybridized carbons (Fsp3) is 0.571. The number of rotatable bonds is 0. The Balaban J connectivity index is 2.90. The molecule has 0 bridgehead atoms. The van der Waals surface area contributed by atoms with Crippen molar-refractivity contribution in [1.82, 2.24) is 9.55 Å². The zero-order valence-electron chi connectivity index (χ0n) is 6.05. The Bertz CT molecular complexity index is 169. The second kappa shape index (κ2) is 1.87. The summed E-state index contributed by atoms with van der Waals surface area (Å²) < 4.78 is 1.95. The van der Waals surface area contributed by atoms with Gasteiger partial charge in [0.15, 0.2) is 6.33 Å². The van der Waals surface area contributed by atoms with Crippen molar-refractivity contribution in [1.29, 1.82) is 0 Å². The van der Waals surface area contributed by atoms with Crippen LogP contribution in [-0.2, 0) is 5.54 Å². The molecule has 49 valence electrons. The Morgan fingerprint density at radius 2 is 2.11 bits per heavy atom. The molecule has 0 aliphatic rings. The summed E-state index contributed by atoms with van der Waals surface area (Å²) >= 11 is 0. The molecule has 1 radical (unpaired) electrons. The molecule has 0 saturated carbocycles. The van der Waals surface area contributed by atoms with Crippen molar-refractivity contribution in [2.75, 3.05) is 0 Å². The van der Waals surface area contributed by atoms with Gasteiger partial charge in [0.2, 0.25) is 0 Å². The number of nitrogens with zero attached hydrogens (tertiary/aromatic N) is 2. The maximum absolute atomic E-state index is 3.83. The molecule has 0 spiro atoms. The van der Waals surface area contributed by atoms with Crippen molar-refractivity contribution >= 4 is 0 Å². The average Bonchev–Trinajstić information content (AvgIpc) is 2.08. The van der Waals surface area contributed by atoms with Crippen LogP contribution in [0.15, 0.2) is 12.4 Å². The lowest BCUT2D eigenvalue weighted by Gasteiger charge is -2.18. The highest BCUT2D eigenvalue weighted by molar-refractivity contribution is 4.81. The van der Waals surface area contributed by atoms with Crippen molar-refractivity contribution in [2.24, 2.45) is 0 Å². The molecule has 0 aliphatic carbocycles. The van der Waals surface area contributed by atoms with Crippen LogP contribution in [0, 0.1) is 6.33 Å². The minimum atomic E-state index is 0.122. The van der Waals surface area contributed by atoms with E-state index < -0.39 is 0 Å². The van der Waals surface area contributed by atoms with E-state index in [0.717, 1.165) is 0 Å². The van der Waals surface area contributed by atoms with Crippen LogP contribution in [0.4, 0.5) is 0 Å². The highest BCUT2D eigenvalue weighted by Gasteiger charge is 2.10. The fourth-order valence-corrected chi connectivity index (χ4v) is 0.602. The first-order valence-corrected chi connectivity index (χ1v) is 3.02. The van der Waals surface area contributed by atoms with Crippen molar-refractivity contribution in [3.8, 4) is 0 Å². The number of hydrogen-bond donors (Lipinski definition) is 0. The molecule has 0 aromatic carbocycles. The van der Waals surface area contributed by atoms with Gasteiger partial charge in [-0.1, -0.05) is 0 Å². The summed E-state index contributed by atoms with van der Waals surface area (Å²) in [5.74, 6) is 0. The molecule has 2 nitrogen and oxygen atoms in total. The molecule has 2 heteroatoms. The van der Waals surface area contributed by atoms with Crippen LogP contribution < -0.4 is 0 Å². The fourth-order valence-electron chi connectivity index (χ4n) is 0.602. The maximum Gasteiger partial charge on any atom is 0.176 e. The molecule has 9 heavy (non-hydrogen) atoms. The van der Waals surface area contributed by atoms with Crippen LogP contribution in [-0.4, -0.2) is 9.55 Å². The lowest BCUT2D eigenvalue weighted by atomic mass is 10.1. The lowest BCUT2D eigenvalue weighted by molar-refractivity contribution is 0.394. The third-order valence-corrected chi connectivity index (χ3v) is 1.18. The van der Waals surface area contributed by atoms with Gasteiger partial charge in [0.05, 0.1) is 0 Å². The predicted molar refractivity (Wildman–Crippen MR) is 36.1 cm³/mol. The molecule has 0 aliphatic heterocycles. The van der Waals surface area contributed by atoms with Gasteiger partial charge < -0.3 is 4.57 Å². The minimum Gasteiger partial charge on any atom is -0.323 e. The quantitative estimate of drug-likeness (QED) is 0.510. The maximum atomic E-state index is 3.83. The summed E-state index contributed by atoms with van der Waals surface area (Å²) in [6.45, 7) is 6.35. The van der Waals surface area contributed by atoms with Gasteiger partial charge in [-0.2, -0.15) is 0 Å². The zero-order chi connectivity index (χ0) is 6.91. The van der Waals surface area contributed by atoms with E-state index in [4.69, 9.17) is 0 Å². The van der Waals surface area contributed by atoms with Crippen molar-refractivity contribution in [2.45, 2.75) is 26.3 Å². The van der Waals surface area contributed by atoms with Gasteiger partial charge >= 0.3 is 0 Å². The molecular weight excluding hydrogens is 112 g/mol. The number of imidazole rings is 1. The Kier molecular flexibility index (Phi) is 1.31. The Hall–Kier alpha value is -0.790. The van der Waals surface area contributed by atoms with Crippen LogP contribution in [0.2, 0.25) is 0 Å². The van der Waals surface area contributed by atoms with Gasteiger partial charge in [0, 0.05) is 17.9 Å². The average molecular weight is 123 g/mol. The first-order chi connectivity index (χ1) is 4.11. The van der Waals surface area contributed by atoms with Crippen LogP contribution in [0.3, 0.4) is 0 Å². The van der Waals surface area contributed by atoms with E-state index in [1.54, 1.807) is 6.20 Å². The molecule has 0 N–H and O–H groups in total. The number of aromatic nitrogens is 2. The smallest absolute Gasteiger partial charge is 0.176 e. The van der Waals surface area contributed by atoms with Gasteiger partial charge in [-0.3, -0.25) is 0 Å². The van der Waals surface area contributed by atoms with E-state index in [9.17, 15) is 0 Å². The summed E-state index contributed by atoms with van der Waals surface area (Å²) in [5, 5.41) is 0. The highest BCUT2D eigenvalue weighted by atomic mass is 15.1. The van der Waals surface area contributed by atoms with Crippen molar-refractivity contribution in [3.05, 3.63) is 18.7 Å². The van der Waals surface area contributed by atoms with Crippen molar-refractivity contribution in [3.63, 3.8) is 0 Å². The van der Waals surface area contributed by atoms with E-state index in [0.29, 0.717) is 0 Å². The molecule has 1 aromatic rings. The third-order valence-electron chi connectivity index (χ3n) is 1.18. The normalized spacial score (nSPS) is 11.9. The largest absolute Gasteiger partial charge is 0.323 e. The van der Waals surface area contributed by atoms with E-state index in [1.165, 1.54) is 0 Å². The minimum absolute atomic E-state index is 0.122. The van der Waals surface area contributed by atoms with Crippen LogP contribution in [0.5, 0.6) is 0 Å². The molecule has 0 amide bonds. The van der Waals surface area contributed by atoms with E-state index in [2.05, 4.69) is 32.1 Å². The standard InChI is InChI=1S/C7H11N2/c1-7(2,3)9-5-4-8-6-9/h4-5H,1-3H3. The molecule has 1 heterocycles. The first kappa shape index (κ1) is 6.33. The van der Waals surface area contributed by atoms with Crippen LogP contribution in [0.1, 0.15) is 20.8 Å². The lowest BCUT2D eigenvalue weighted by Crippen LogP contribution is -2.19. The summed E-state index contributed by atoms with van der Waals surface area (Å²) in [6, 6.07) is 0. The third kappa shape index (κ3) is 1.31. The molecule has 0 unspecified atom stereocenters. The van der Waals surface area contributed by atoms with Crippen LogP contribution in [0.25, 0.3) is 0 Å². The molecule has 0 saturated heterocycles. The van der Waals surface area contributed by atoms with E-state index in [-0.39, 0.29) is 5.54 Å². The highest BCUT2D eigenvalue weighted by Crippen LogP contribution is 2.10. The molecule has 1 rings (SSSR count). The molecule has 0 fully saturated rings.